The number of carboxylic acid groups (broad SMARTS) is 1. The maximum absolute atomic E-state index is 12.1. The lowest BCUT2D eigenvalue weighted by atomic mass is 10.2. The number of ether oxygens (including phenoxy) is 2. The van der Waals surface area contributed by atoms with Crippen LogP contribution in [0.25, 0.3) is 0 Å². The SMILES string of the molecule is O=C(O)C1COCCN1C(=O)COc1ccc(Br)cc1Cl. The molecule has 21 heavy (non-hydrogen) atoms. The van der Waals surface area contributed by atoms with E-state index < -0.39 is 17.9 Å². The van der Waals surface area contributed by atoms with E-state index in [1.807, 2.05) is 0 Å². The van der Waals surface area contributed by atoms with Gasteiger partial charge in [-0.1, -0.05) is 27.5 Å². The van der Waals surface area contributed by atoms with E-state index >= 15 is 0 Å². The molecule has 114 valence electrons. The second-order valence-corrected chi connectivity index (χ2v) is 5.70. The molecule has 0 spiro atoms. The topological polar surface area (TPSA) is 76.1 Å². The quantitative estimate of drug-likeness (QED) is 0.864. The molecule has 1 unspecified atom stereocenters. The molecule has 1 saturated heterocycles. The predicted molar refractivity (Wildman–Crippen MR) is 78.6 cm³/mol. The summed E-state index contributed by atoms with van der Waals surface area (Å²) in [6.45, 7) is 0.257. The van der Waals surface area contributed by atoms with Gasteiger partial charge in [-0.15, -0.1) is 0 Å². The van der Waals surface area contributed by atoms with Crippen molar-refractivity contribution in [3.63, 3.8) is 0 Å². The zero-order valence-corrected chi connectivity index (χ0v) is 13.3. The first kappa shape index (κ1) is 16.1. The van der Waals surface area contributed by atoms with E-state index in [1.165, 1.54) is 4.90 Å². The fraction of sp³-hybridized carbons (Fsp3) is 0.385. The third-order valence-corrected chi connectivity index (χ3v) is 3.77. The summed E-state index contributed by atoms with van der Waals surface area (Å²) in [5, 5.41) is 9.45. The highest BCUT2D eigenvalue weighted by molar-refractivity contribution is 9.10. The molecule has 8 heteroatoms. The Bertz CT molecular complexity index is 553. The van der Waals surface area contributed by atoms with Crippen LogP contribution < -0.4 is 4.74 Å². The van der Waals surface area contributed by atoms with Crippen LogP contribution in [0.4, 0.5) is 0 Å². The summed E-state index contributed by atoms with van der Waals surface area (Å²) in [7, 11) is 0. The van der Waals surface area contributed by atoms with Crippen molar-refractivity contribution in [2.75, 3.05) is 26.4 Å². The van der Waals surface area contributed by atoms with E-state index in [0.29, 0.717) is 17.4 Å². The molecule has 1 amide bonds. The van der Waals surface area contributed by atoms with Gasteiger partial charge in [-0.3, -0.25) is 4.79 Å². The predicted octanol–water partition coefficient (Wildman–Crippen LogP) is 1.79. The number of amides is 1. The largest absolute Gasteiger partial charge is 0.482 e. The van der Waals surface area contributed by atoms with E-state index in [4.69, 9.17) is 26.2 Å². The maximum atomic E-state index is 12.1. The average Bonchev–Trinajstić information content (AvgIpc) is 2.46. The molecule has 1 aliphatic heterocycles. The zero-order chi connectivity index (χ0) is 15.4. The first-order valence-corrected chi connectivity index (χ1v) is 7.34. The van der Waals surface area contributed by atoms with Gasteiger partial charge in [0.2, 0.25) is 0 Å². The van der Waals surface area contributed by atoms with E-state index in [9.17, 15) is 9.59 Å². The number of benzene rings is 1. The first-order valence-electron chi connectivity index (χ1n) is 6.17. The van der Waals surface area contributed by atoms with Crippen LogP contribution >= 0.6 is 27.5 Å². The van der Waals surface area contributed by atoms with Crippen molar-refractivity contribution >= 4 is 39.4 Å². The van der Waals surface area contributed by atoms with Crippen LogP contribution in [0.3, 0.4) is 0 Å². The lowest BCUT2D eigenvalue weighted by molar-refractivity contribution is -0.159. The third-order valence-electron chi connectivity index (χ3n) is 2.98. The normalized spacial score (nSPS) is 18.4. The van der Waals surface area contributed by atoms with Crippen LogP contribution in [-0.4, -0.2) is 54.3 Å². The van der Waals surface area contributed by atoms with Crippen LogP contribution in [0.1, 0.15) is 0 Å². The smallest absolute Gasteiger partial charge is 0.328 e. The summed E-state index contributed by atoms with van der Waals surface area (Å²) in [5.74, 6) is -1.14. The zero-order valence-electron chi connectivity index (χ0n) is 10.9. The molecule has 1 fully saturated rings. The molecule has 6 nitrogen and oxygen atoms in total. The standard InChI is InChI=1S/C13H13BrClNO5/c14-8-1-2-11(9(15)5-8)21-7-12(17)16-3-4-20-6-10(16)13(18)19/h1-2,5,10H,3-4,6-7H2,(H,18,19). The van der Waals surface area contributed by atoms with Gasteiger partial charge in [-0.25, -0.2) is 4.79 Å². The lowest BCUT2D eigenvalue weighted by Crippen LogP contribution is -2.53. The molecule has 0 aromatic heterocycles. The summed E-state index contributed by atoms with van der Waals surface area (Å²) in [5.41, 5.74) is 0. The highest BCUT2D eigenvalue weighted by atomic mass is 79.9. The van der Waals surface area contributed by atoms with Crippen molar-refractivity contribution in [1.29, 1.82) is 0 Å². The number of nitrogens with zero attached hydrogens (tertiary/aromatic N) is 1. The molecule has 1 aromatic rings. The summed E-state index contributed by atoms with van der Waals surface area (Å²) in [6.07, 6.45) is 0. The van der Waals surface area contributed by atoms with Gasteiger partial charge in [0.1, 0.15) is 5.75 Å². The number of hydrogen-bond acceptors (Lipinski definition) is 4. The van der Waals surface area contributed by atoms with Crippen LogP contribution in [-0.2, 0) is 14.3 Å². The number of hydrogen-bond donors (Lipinski definition) is 1. The second kappa shape index (κ2) is 7.11. The molecular formula is C13H13BrClNO5. The van der Waals surface area contributed by atoms with Crippen molar-refractivity contribution in [3.05, 3.63) is 27.7 Å². The van der Waals surface area contributed by atoms with Crippen molar-refractivity contribution in [2.24, 2.45) is 0 Å². The number of carboxylic acids is 1. The van der Waals surface area contributed by atoms with Crippen LogP contribution in [0.2, 0.25) is 5.02 Å². The van der Waals surface area contributed by atoms with Gasteiger partial charge in [-0.05, 0) is 18.2 Å². The van der Waals surface area contributed by atoms with Crippen molar-refractivity contribution in [3.8, 4) is 5.75 Å². The molecule has 0 aliphatic carbocycles. The number of morpholine rings is 1. The van der Waals surface area contributed by atoms with Gasteiger partial charge in [0, 0.05) is 11.0 Å². The Labute approximate surface area is 134 Å². The minimum Gasteiger partial charge on any atom is -0.482 e. The van der Waals surface area contributed by atoms with Crippen LogP contribution in [0, 0.1) is 0 Å². The van der Waals surface area contributed by atoms with Crippen LogP contribution in [0.15, 0.2) is 22.7 Å². The molecule has 0 radical (unpaired) electrons. The molecule has 0 bridgehead atoms. The molecule has 1 atom stereocenters. The number of rotatable bonds is 4. The number of carbonyl (C=O) groups is 2. The van der Waals surface area contributed by atoms with Crippen molar-refractivity contribution in [1.82, 2.24) is 4.90 Å². The summed E-state index contributed by atoms with van der Waals surface area (Å²) >= 11 is 9.25. The Hall–Kier alpha value is -1.31. The minimum absolute atomic E-state index is 0.0138. The lowest BCUT2D eigenvalue weighted by Gasteiger charge is -2.32. The molecule has 1 aliphatic rings. The molecule has 2 rings (SSSR count). The third kappa shape index (κ3) is 4.09. The average molecular weight is 379 g/mol. The van der Waals surface area contributed by atoms with Gasteiger partial charge in [0.25, 0.3) is 5.91 Å². The Morgan fingerprint density at radius 2 is 2.29 bits per heavy atom. The monoisotopic (exact) mass is 377 g/mol. The Kier molecular flexibility index (Phi) is 5.44. The summed E-state index contributed by atoms with van der Waals surface area (Å²) < 4.78 is 11.2. The Morgan fingerprint density at radius 3 is 2.95 bits per heavy atom. The summed E-state index contributed by atoms with van der Waals surface area (Å²) in [6, 6.07) is 4.04. The van der Waals surface area contributed by atoms with Crippen molar-refractivity contribution in [2.45, 2.75) is 6.04 Å². The van der Waals surface area contributed by atoms with E-state index in [1.54, 1.807) is 18.2 Å². The maximum Gasteiger partial charge on any atom is 0.328 e. The molecule has 0 saturated carbocycles. The molecule has 1 aromatic carbocycles. The van der Waals surface area contributed by atoms with Gasteiger partial charge < -0.3 is 19.5 Å². The number of aliphatic carboxylic acids is 1. The van der Waals surface area contributed by atoms with E-state index in [0.717, 1.165) is 4.47 Å². The van der Waals surface area contributed by atoms with Gasteiger partial charge >= 0.3 is 5.97 Å². The second-order valence-electron chi connectivity index (χ2n) is 4.38. The fourth-order valence-electron chi connectivity index (χ4n) is 1.92. The number of halogens is 2. The van der Waals surface area contributed by atoms with Gasteiger partial charge in [0.15, 0.2) is 12.6 Å². The van der Waals surface area contributed by atoms with Gasteiger partial charge in [-0.2, -0.15) is 0 Å². The summed E-state index contributed by atoms with van der Waals surface area (Å²) in [4.78, 5) is 24.4. The highest BCUT2D eigenvalue weighted by Gasteiger charge is 2.32. The Morgan fingerprint density at radius 1 is 1.52 bits per heavy atom. The Balaban J connectivity index is 1.98. The minimum atomic E-state index is -1.09. The van der Waals surface area contributed by atoms with Crippen LogP contribution in [0.5, 0.6) is 5.75 Å². The number of carbonyl (C=O) groups excluding carboxylic acids is 1. The fourth-order valence-corrected chi connectivity index (χ4v) is 2.65. The molecule has 1 heterocycles. The molecular weight excluding hydrogens is 366 g/mol. The molecule has 1 N–H and O–H groups in total. The van der Waals surface area contributed by atoms with E-state index in [-0.39, 0.29) is 19.8 Å². The van der Waals surface area contributed by atoms with Gasteiger partial charge in [0.05, 0.1) is 18.2 Å². The van der Waals surface area contributed by atoms with Crippen molar-refractivity contribution < 1.29 is 24.2 Å². The van der Waals surface area contributed by atoms with E-state index in [2.05, 4.69) is 15.9 Å². The highest BCUT2D eigenvalue weighted by Crippen LogP contribution is 2.27. The first-order chi connectivity index (χ1) is 9.99.